The highest BCUT2D eigenvalue weighted by Gasteiger charge is 2.14. The standard InChI is InChI=1S/C34H31NO4/c1-4-25-7-13-28(14-8-25)29-15-21-32(22-16-29)35(30-17-9-26(10-18-30)23-38-33(36)5-2)31-19-11-27(12-20-31)24-39-34(37)6-3/h5-22H,2-4,23-24H2,1H3. The summed E-state index contributed by atoms with van der Waals surface area (Å²) in [5, 5.41) is 0. The third-order valence-electron chi connectivity index (χ3n) is 6.31. The van der Waals surface area contributed by atoms with Crippen molar-refractivity contribution in [2.45, 2.75) is 26.6 Å². The first-order valence-electron chi connectivity index (χ1n) is 12.8. The number of anilines is 3. The Morgan fingerprint density at radius 2 is 0.923 bits per heavy atom. The fourth-order valence-corrected chi connectivity index (χ4v) is 4.09. The number of hydrogen-bond donors (Lipinski definition) is 0. The van der Waals surface area contributed by atoms with Gasteiger partial charge in [-0.25, -0.2) is 9.59 Å². The van der Waals surface area contributed by atoms with Crippen LogP contribution in [0.1, 0.15) is 23.6 Å². The molecule has 5 heteroatoms. The molecule has 0 aromatic heterocycles. The number of carbonyl (C=O) groups excluding carboxylic acids is 2. The van der Waals surface area contributed by atoms with Gasteiger partial charge in [0.15, 0.2) is 0 Å². The Bertz CT molecular complexity index is 1350. The fourth-order valence-electron chi connectivity index (χ4n) is 4.09. The van der Waals surface area contributed by atoms with E-state index in [0.717, 1.165) is 52.3 Å². The fraction of sp³-hybridized carbons (Fsp3) is 0.118. The smallest absolute Gasteiger partial charge is 0.330 e. The molecule has 0 N–H and O–H groups in total. The number of nitrogens with zero attached hydrogens (tertiary/aromatic N) is 1. The molecule has 0 spiro atoms. The molecule has 0 bridgehead atoms. The summed E-state index contributed by atoms with van der Waals surface area (Å²) in [7, 11) is 0. The zero-order valence-corrected chi connectivity index (χ0v) is 22.0. The predicted octanol–water partition coefficient (Wildman–Crippen LogP) is 7.84. The van der Waals surface area contributed by atoms with Crippen LogP contribution >= 0.6 is 0 Å². The molecule has 4 aromatic rings. The van der Waals surface area contributed by atoms with E-state index in [1.807, 2.05) is 48.5 Å². The maximum absolute atomic E-state index is 11.4. The van der Waals surface area contributed by atoms with Crippen LogP contribution < -0.4 is 4.90 Å². The summed E-state index contributed by atoms with van der Waals surface area (Å²) < 4.78 is 10.3. The topological polar surface area (TPSA) is 55.8 Å². The second-order valence-corrected chi connectivity index (χ2v) is 8.89. The molecule has 0 fully saturated rings. The van der Waals surface area contributed by atoms with Gasteiger partial charge in [0.2, 0.25) is 0 Å². The van der Waals surface area contributed by atoms with Gasteiger partial charge in [0.1, 0.15) is 13.2 Å². The largest absolute Gasteiger partial charge is 0.458 e. The summed E-state index contributed by atoms with van der Waals surface area (Å²) in [5.41, 5.74) is 8.24. The van der Waals surface area contributed by atoms with Gasteiger partial charge in [-0.1, -0.05) is 80.7 Å². The Hall–Kier alpha value is -4.90. The number of ether oxygens (including phenoxy) is 2. The van der Waals surface area contributed by atoms with E-state index in [1.54, 1.807) is 0 Å². The Kier molecular flexibility index (Phi) is 9.09. The van der Waals surface area contributed by atoms with Crippen LogP contribution in [-0.4, -0.2) is 11.9 Å². The first kappa shape index (κ1) is 27.1. The van der Waals surface area contributed by atoms with Crippen LogP contribution in [0.15, 0.2) is 122 Å². The minimum Gasteiger partial charge on any atom is -0.458 e. The Labute approximate surface area is 229 Å². The molecule has 0 saturated carbocycles. The van der Waals surface area contributed by atoms with E-state index in [0.29, 0.717) is 0 Å². The summed E-state index contributed by atoms with van der Waals surface area (Å²) in [4.78, 5) is 25.0. The highest BCUT2D eigenvalue weighted by atomic mass is 16.5. The first-order chi connectivity index (χ1) is 19.0. The number of rotatable bonds is 11. The average molecular weight is 518 g/mol. The van der Waals surface area contributed by atoms with Crippen LogP contribution in [0.2, 0.25) is 0 Å². The predicted molar refractivity (Wildman–Crippen MR) is 156 cm³/mol. The van der Waals surface area contributed by atoms with Crippen molar-refractivity contribution in [3.63, 3.8) is 0 Å². The van der Waals surface area contributed by atoms with Crippen LogP contribution in [0.5, 0.6) is 0 Å². The quantitative estimate of drug-likeness (QED) is 0.150. The summed E-state index contributed by atoms with van der Waals surface area (Å²) in [6, 6.07) is 32.8. The normalized spacial score (nSPS) is 10.4. The Morgan fingerprint density at radius 3 is 1.28 bits per heavy atom. The van der Waals surface area contributed by atoms with E-state index < -0.39 is 11.9 Å². The molecule has 4 rings (SSSR count). The van der Waals surface area contributed by atoms with E-state index in [2.05, 4.69) is 73.5 Å². The first-order valence-corrected chi connectivity index (χ1v) is 12.8. The number of benzene rings is 4. The SMILES string of the molecule is C=CC(=O)OCc1ccc(N(c2ccc(COC(=O)C=C)cc2)c2ccc(-c3ccc(CC)cc3)cc2)cc1. The summed E-state index contributed by atoms with van der Waals surface area (Å²) in [5.74, 6) is -0.909. The number of carbonyl (C=O) groups is 2. The lowest BCUT2D eigenvalue weighted by Gasteiger charge is -2.26. The Morgan fingerprint density at radius 1 is 0.590 bits per heavy atom. The van der Waals surface area contributed by atoms with Gasteiger partial charge < -0.3 is 14.4 Å². The van der Waals surface area contributed by atoms with E-state index >= 15 is 0 Å². The lowest BCUT2D eigenvalue weighted by atomic mass is 10.0. The minimum atomic E-state index is -0.455. The highest BCUT2D eigenvalue weighted by Crippen LogP contribution is 2.36. The van der Waals surface area contributed by atoms with Crippen molar-refractivity contribution >= 4 is 29.0 Å². The van der Waals surface area contributed by atoms with Crippen LogP contribution in [0.3, 0.4) is 0 Å². The zero-order chi connectivity index (χ0) is 27.6. The van der Waals surface area contributed by atoms with Crippen LogP contribution in [0.25, 0.3) is 11.1 Å². The molecule has 39 heavy (non-hydrogen) atoms. The van der Waals surface area contributed by atoms with Gasteiger partial charge >= 0.3 is 11.9 Å². The molecule has 0 aliphatic heterocycles. The van der Waals surface area contributed by atoms with Crippen LogP contribution in [0.4, 0.5) is 17.1 Å². The van der Waals surface area contributed by atoms with Gasteiger partial charge in [-0.05, 0) is 70.6 Å². The van der Waals surface area contributed by atoms with Gasteiger partial charge in [0, 0.05) is 29.2 Å². The summed E-state index contributed by atoms with van der Waals surface area (Å²) >= 11 is 0. The summed E-state index contributed by atoms with van der Waals surface area (Å²) in [6.45, 7) is 9.36. The van der Waals surface area contributed by atoms with Crippen molar-refractivity contribution in [1.29, 1.82) is 0 Å². The molecule has 0 radical (unpaired) electrons. The maximum atomic E-state index is 11.4. The van der Waals surface area contributed by atoms with Gasteiger partial charge in [-0.2, -0.15) is 0 Å². The molecule has 4 aromatic carbocycles. The van der Waals surface area contributed by atoms with Crippen molar-refractivity contribution in [2.24, 2.45) is 0 Å². The minimum absolute atomic E-state index is 0.175. The molecule has 0 amide bonds. The third-order valence-corrected chi connectivity index (χ3v) is 6.31. The molecular formula is C34H31NO4. The molecule has 0 aliphatic carbocycles. The molecule has 0 atom stereocenters. The number of hydrogen-bond acceptors (Lipinski definition) is 5. The maximum Gasteiger partial charge on any atom is 0.330 e. The van der Waals surface area contributed by atoms with E-state index in [1.165, 1.54) is 11.1 Å². The lowest BCUT2D eigenvalue weighted by molar-refractivity contribution is -0.139. The second-order valence-electron chi connectivity index (χ2n) is 8.89. The molecule has 0 saturated heterocycles. The van der Waals surface area contributed by atoms with Crippen molar-refractivity contribution in [3.05, 3.63) is 139 Å². The van der Waals surface area contributed by atoms with Crippen molar-refractivity contribution in [1.82, 2.24) is 0 Å². The molecule has 0 aliphatic rings. The van der Waals surface area contributed by atoms with Gasteiger partial charge in [0.05, 0.1) is 0 Å². The van der Waals surface area contributed by atoms with Crippen LogP contribution in [-0.2, 0) is 38.7 Å². The average Bonchev–Trinajstić information content (AvgIpc) is 3.00. The van der Waals surface area contributed by atoms with Gasteiger partial charge in [0.25, 0.3) is 0 Å². The van der Waals surface area contributed by atoms with Crippen molar-refractivity contribution in [3.8, 4) is 11.1 Å². The highest BCUT2D eigenvalue weighted by molar-refractivity contribution is 5.82. The Balaban J connectivity index is 1.63. The third kappa shape index (κ3) is 7.11. The van der Waals surface area contributed by atoms with Gasteiger partial charge in [-0.3, -0.25) is 0 Å². The van der Waals surface area contributed by atoms with E-state index in [4.69, 9.17) is 9.47 Å². The zero-order valence-electron chi connectivity index (χ0n) is 22.0. The molecule has 0 heterocycles. The lowest BCUT2D eigenvalue weighted by Crippen LogP contribution is -2.10. The molecule has 5 nitrogen and oxygen atoms in total. The monoisotopic (exact) mass is 517 g/mol. The molecule has 196 valence electrons. The van der Waals surface area contributed by atoms with E-state index in [9.17, 15) is 9.59 Å². The number of aryl methyl sites for hydroxylation is 1. The molecule has 0 unspecified atom stereocenters. The van der Waals surface area contributed by atoms with Gasteiger partial charge in [-0.15, -0.1) is 0 Å². The van der Waals surface area contributed by atoms with Crippen molar-refractivity contribution < 1.29 is 19.1 Å². The second kappa shape index (κ2) is 13.1. The molecular weight excluding hydrogens is 486 g/mol. The van der Waals surface area contributed by atoms with E-state index in [-0.39, 0.29) is 13.2 Å². The summed E-state index contributed by atoms with van der Waals surface area (Å²) in [6.07, 6.45) is 3.32. The van der Waals surface area contributed by atoms with Crippen LogP contribution in [0, 0.1) is 0 Å². The number of esters is 2. The van der Waals surface area contributed by atoms with Crippen molar-refractivity contribution in [2.75, 3.05) is 4.90 Å².